The Morgan fingerprint density at radius 3 is 1.08 bits per heavy atom. The minimum Gasteiger partial charge on any atom is -0.0616 e. The fourth-order valence-electron chi connectivity index (χ4n) is 9.68. The summed E-state index contributed by atoms with van der Waals surface area (Å²) in [6, 6.07) is 89.6. The first-order chi connectivity index (χ1) is 30.7. The van der Waals surface area contributed by atoms with Crippen molar-refractivity contribution in [3.8, 4) is 66.8 Å². The first-order valence-corrected chi connectivity index (χ1v) is 21.5. The Bertz CT molecular complexity index is 3700. The molecule has 0 N–H and O–H groups in total. The number of hydrogen-bond donors (Lipinski definition) is 0. The average molecular weight is 785 g/mol. The zero-order chi connectivity index (χ0) is 41.0. The molecule has 0 saturated heterocycles. The van der Waals surface area contributed by atoms with Crippen molar-refractivity contribution in [1.29, 1.82) is 0 Å². The molecule has 0 nitrogen and oxygen atoms in total. The molecule has 0 atom stereocenters. The van der Waals surface area contributed by atoms with E-state index in [1.807, 2.05) is 0 Å². The molecule has 0 saturated carbocycles. The van der Waals surface area contributed by atoms with Crippen LogP contribution in [0.25, 0.3) is 121 Å². The van der Waals surface area contributed by atoms with E-state index >= 15 is 0 Å². The zero-order valence-electron chi connectivity index (χ0n) is 34.1. The second-order valence-electron chi connectivity index (χ2n) is 16.5. The second kappa shape index (κ2) is 14.9. The van der Waals surface area contributed by atoms with Gasteiger partial charge in [-0.3, -0.25) is 0 Å². The Morgan fingerprint density at radius 2 is 0.548 bits per heavy atom. The maximum Gasteiger partial charge on any atom is -0.00201 e. The summed E-state index contributed by atoms with van der Waals surface area (Å²) in [6.45, 7) is 0. The van der Waals surface area contributed by atoms with Crippen molar-refractivity contribution in [2.75, 3.05) is 0 Å². The van der Waals surface area contributed by atoms with Gasteiger partial charge in [0.25, 0.3) is 0 Å². The third-order valence-corrected chi connectivity index (χ3v) is 12.8. The number of fused-ring (bicyclic) bond motifs is 5. The Hall–Kier alpha value is -8.06. The van der Waals surface area contributed by atoms with Gasteiger partial charge in [-0.25, -0.2) is 0 Å². The molecule has 0 aliphatic heterocycles. The van der Waals surface area contributed by atoms with E-state index in [0.29, 0.717) is 0 Å². The van der Waals surface area contributed by atoms with Crippen LogP contribution in [0.15, 0.2) is 243 Å². The molecule has 0 heteroatoms. The van der Waals surface area contributed by atoms with Crippen LogP contribution in [0, 0.1) is 0 Å². The summed E-state index contributed by atoms with van der Waals surface area (Å²) in [6.07, 6.45) is 0. The molecule has 12 aromatic carbocycles. The minimum absolute atomic E-state index is 1.20. The predicted molar refractivity (Wildman–Crippen MR) is 267 cm³/mol. The van der Waals surface area contributed by atoms with Crippen molar-refractivity contribution in [2.24, 2.45) is 0 Å². The van der Waals surface area contributed by atoms with Crippen LogP contribution < -0.4 is 0 Å². The summed E-state index contributed by atoms with van der Waals surface area (Å²) in [5, 5.41) is 12.5. The molecule has 0 amide bonds. The molecular formula is C62H40. The third kappa shape index (κ3) is 6.33. The Balaban J connectivity index is 1.08. The molecule has 12 rings (SSSR count). The molecular weight excluding hydrogens is 745 g/mol. The van der Waals surface area contributed by atoms with E-state index < -0.39 is 0 Å². The van der Waals surface area contributed by atoms with Crippen LogP contribution in [-0.4, -0.2) is 0 Å². The van der Waals surface area contributed by atoms with E-state index in [9.17, 15) is 0 Å². The zero-order valence-corrected chi connectivity index (χ0v) is 34.1. The molecule has 0 radical (unpaired) electrons. The summed E-state index contributed by atoms with van der Waals surface area (Å²) in [5.41, 5.74) is 14.6. The van der Waals surface area contributed by atoms with Gasteiger partial charge in [-0.15, -0.1) is 0 Å². The molecule has 0 fully saturated rings. The van der Waals surface area contributed by atoms with Gasteiger partial charge in [-0.2, -0.15) is 0 Å². The maximum absolute atomic E-state index is 2.43. The van der Waals surface area contributed by atoms with Crippen LogP contribution in [0.2, 0.25) is 0 Å². The highest BCUT2D eigenvalue weighted by molar-refractivity contribution is 6.20. The van der Waals surface area contributed by atoms with Gasteiger partial charge in [0.1, 0.15) is 0 Å². The van der Waals surface area contributed by atoms with Crippen LogP contribution in [-0.2, 0) is 0 Å². The van der Waals surface area contributed by atoms with Crippen molar-refractivity contribution < 1.29 is 0 Å². The highest BCUT2D eigenvalue weighted by Gasteiger charge is 2.18. The first kappa shape index (κ1) is 35.8. The molecule has 0 unspecified atom stereocenters. The number of benzene rings is 12. The molecule has 0 bridgehead atoms. The van der Waals surface area contributed by atoms with Gasteiger partial charge >= 0.3 is 0 Å². The topological polar surface area (TPSA) is 0 Å². The Labute approximate surface area is 361 Å². The number of rotatable bonds is 6. The molecule has 288 valence electrons. The minimum atomic E-state index is 1.20. The third-order valence-electron chi connectivity index (χ3n) is 12.8. The Morgan fingerprint density at radius 1 is 0.177 bits per heavy atom. The summed E-state index contributed by atoms with van der Waals surface area (Å²) in [4.78, 5) is 0. The summed E-state index contributed by atoms with van der Waals surface area (Å²) >= 11 is 0. The van der Waals surface area contributed by atoms with E-state index in [1.54, 1.807) is 0 Å². The number of hydrogen-bond acceptors (Lipinski definition) is 0. The lowest BCUT2D eigenvalue weighted by Gasteiger charge is -2.19. The fourth-order valence-corrected chi connectivity index (χ4v) is 9.68. The molecule has 12 aromatic rings. The van der Waals surface area contributed by atoms with Crippen LogP contribution in [0.3, 0.4) is 0 Å². The van der Waals surface area contributed by atoms with Gasteiger partial charge in [-0.05, 0) is 163 Å². The standard InChI is InChI=1S/C62H40/c1-4-15-44-34-50(31-28-41(44)12-1)47-18-7-21-53(37-47)57-25-11-27-59-60(57)40-56-24-10-26-58(54-22-8-19-48(38-54)51-32-29-42-13-2-5-16-45(42)35-51)61(56)62(59)55-23-9-20-49(39-55)52-33-30-43-14-3-6-17-46(43)36-52/h1-40H. The highest BCUT2D eigenvalue weighted by Crippen LogP contribution is 2.45. The monoisotopic (exact) mass is 784 g/mol. The highest BCUT2D eigenvalue weighted by atomic mass is 14.2. The van der Waals surface area contributed by atoms with Gasteiger partial charge in [0.2, 0.25) is 0 Å². The predicted octanol–water partition coefficient (Wildman–Crippen LogP) is 17.5. The first-order valence-electron chi connectivity index (χ1n) is 21.5. The average Bonchev–Trinajstić information content (AvgIpc) is 3.35. The van der Waals surface area contributed by atoms with E-state index in [0.717, 1.165) is 0 Å². The summed E-state index contributed by atoms with van der Waals surface area (Å²) < 4.78 is 0. The largest absolute Gasteiger partial charge is 0.0616 e. The molecule has 0 spiro atoms. The second-order valence-corrected chi connectivity index (χ2v) is 16.5. The van der Waals surface area contributed by atoms with E-state index in [-0.39, 0.29) is 0 Å². The van der Waals surface area contributed by atoms with Crippen molar-refractivity contribution in [3.05, 3.63) is 243 Å². The van der Waals surface area contributed by atoms with Gasteiger partial charge < -0.3 is 0 Å². The Kier molecular flexibility index (Phi) is 8.61. The van der Waals surface area contributed by atoms with Crippen molar-refractivity contribution in [1.82, 2.24) is 0 Å². The normalized spacial score (nSPS) is 11.5. The molecule has 0 aromatic heterocycles. The SMILES string of the molecule is c1cc(-c2ccc3ccccc3c2)cc(-c2cccc3c(-c4cccc(-c5ccc6ccccc6c5)c4)c4c(-c5cccc(-c6ccc7ccccc7c6)c5)cccc4cc23)c1. The van der Waals surface area contributed by atoms with Crippen molar-refractivity contribution in [3.63, 3.8) is 0 Å². The van der Waals surface area contributed by atoms with Crippen molar-refractivity contribution >= 4 is 53.9 Å². The van der Waals surface area contributed by atoms with E-state index in [2.05, 4.69) is 243 Å². The maximum atomic E-state index is 2.43. The van der Waals surface area contributed by atoms with Gasteiger partial charge in [-0.1, -0.05) is 200 Å². The summed E-state index contributed by atoms with van der Waals surface area (Å²) in [5.74, 6) is 0. The van der Waals surface area contributed by atoms with E-state index in [4.69, 9.17) is 0 Å². The lowest BCUT2D eigenvalue weighted by Crippen LogP contribution is -1.92. The quantitative estimate of drug-likeness (QED) is 0.147. The summed E-state index contributed by atoms with van der Waals surface area (Å²) in [7, 11) is 0. The molecule has 0 aliphatic rings. The van der Waals surface area contributed by atoms with Gasteiger partial charge in [0.15, 0.2) is 0 Å². The fraction of sp³-hybridized carbons (Fsp3) is 0. The van der Waals surface area contributed by atoms with Gasteiger partial charge in [0, 0.05) is 0 Å². The van der Waals surface area contributed by atoms with Crippen LogP contribution in [0.4, 0.5) is 0 Å². The van der Waals surface area contributed by atoms with Crippen molar-refractivity contribution in [2.45, 2.75) is 0 Å². The lowest BCUT2D eigenvalue weighted by atomic mass is 9.84. The lowest BCUT2D eigenvalue weighted by molar-refractivity contribution is 1.60. The van der Waals surface area contributed by atoms with Crippen LogP contribution in [0.1, 0.15) is 0 Å². The smallest absolute Gasteiger partial charge is 0.00201 e. The molecule has 0 heterocycles. The van der Waals surface area contributed by atoms with Crippen LogP contribution >= 0.6 is 0 Å². The molecule has 0 aliphatic carbocycles. The van der Waals surface area contributed by atoms with Gasteiger partial charge in [0.05, 0.1) is 0 Å². The van der Waals surface area contributed by atoms with E-state index in [1.165, 1.54) is 121 Å². The molecule has 62 heavy (non-hydrogen) atoms. The van der Waals surface area contributed by atoms with Crippen LogP contribution in [0.5, 0.6) is 0 Å².